The topological polar surface area (TPSA) is 72.5 Å². The van der Waals surface area contributed by atoms with Gasteiger partial charge in [-0.2, -0.15) is 0 Å². The molecule has 4 aromatic rings. The number of rotatable bonds is 4. The highest BCUT2D eigenvalue weighted by molar-refractivity contribution is 7.12. The monoisotopic (exact) mass is 389 g/mol. The Kier molecular flexibility index (Phi) is 4.87. The lowest BCUT2D eigenvalue weighted by atomic mass is 9.97. The van der Waals surface area contributed by atoms with E-state index in [9.17, 15) is 14.4 Å². The number of imide groups is 1. The molecule has 0 radical (unpaired) electrons. The van der Waals surface area contributed by atoms with Crippen LogP contribution in [0.5, 0.6) is 0 Å². The van der Waals surface area contributed by atoms with Crippen molar-refractivity contribution in [1.29, 1.82) is 0 Å². The summed E-state index contributed by atoms with van der Waals surface area (Å²) in [5, 5.41) is 7.28. The van der Waals surface area contributed by atoms with Crippen molar-refractivity contribution >= 4 is 50.7 Å². The largest absolute Gasteiger partial charge is 0.452 e. The van der Waals surface area contributed by atoms with Gasteiger partial charge in [0.25, 0.3) is 11.8 Å². The van der Waals surface area contributed by atoms with E-state index < -0.39 is 24.4 Å². The van der Waals surface area contributed by atoms with Gasteiger partial charge in [0.1, 0.15) is 0 Å². The summed E-state index contributed by atoms with van der Waals surface area (Å²) >= 11 is 1.23. The third-order valence-electron chi connectivity index (χ3n) is 4.31. The zero-order valence-corrected chi connectivity index (χ0v) is 15.5. The number of benzene rings is 3. The highest BCUT2D eigenvalue weighted by atomic mass is 32.1. The Labute approximate surface area is 164 Å². The standard InChI is InChI=1S/C22H15NO4S/c24-19(23-21(25)18-10-5-11-28-18)13-27-22(26)20-16-8-3-1-6-14(16)12-15-7-2-4-9-17(15)20/h1-12H,13H2,(H,23,24,25). The van der Waals surface area contributed by atoms with Gasteiger partial charge in [0, 0.05) is 0 Å². The molecule has 1 heterocycles. The molecule has 0 saturated heterocycles. The van der Waals surface area contributed by atoms with Crippen LogP contribution < -0.4 is 5.32 Å². The molecule has 0 aliphatic rings. The van der Waals surface area contributed by atoms with Crippen molar-refractivity contribution in [3.63, 3.8) is 0 Å². The number of esters is 1. The summed E-state index contributed by atoms with van der Waals surface area (Å²) in [6.45, 7) is -0.534. The van der Waals surface area contributed by atoms with Crippen molar-refractivity contribution in [3.05, 3.63) is 82.6 Å². The molecule has 2 amide bonds. The van der Waals surface area contributed by atoms with Gasteiger partial charge >= 0.3 is 5.97 Å². The number of amides is 2. The van der Waals surface area contributed by atoms with Gasteiger partial charge in [0.15, 0.2) is 6.61 Å². The quantitative estimate of drug-likeness (QED) is 0.420. The molecule has 1 aromatic heterocycles. The zero-order chi connectivity index (χ0) is 19.5. The van der Waals surface area contributed by atoms with Crippen LogP contribution in [0.15, 0.2) is 72.1 Å². The summed E-state index contributed by atoms with van der Waals surface area (Å²) in [7, 11) is 0. The molecule has 0 spiro atoms. The number of fused-ring (bicyclic) bond motifs is 2. The van der Waals surface area contributed by atoms with E-state index in [0.717, 1.165) is 21.5 Å². The summed E-state index contributed by atoms with van der Waals surface area (Å²) in [4.78, 5) is 37.1. The van der Waals surface area contributed by atoms with Crippen molar-refractivity contribution in [2.45, 2.75) is 0 Å². The first kappa shape index (κ1) is 17.9. The van der Waals surface area contributed by atoms with Gasteiger partial charge in [0.2, 0.25) is 0 Å². The van der Waals surface area contributed by atoms with E-state index in [0.29, 0.717) is 10.4 Å². The predicted molar refractivity (Wildman–Crippen MR) is 109 cm³/mol. The third-order valence-corrected chi connectivity index (χ3v) is 5.18. The molecule has 0 aliphatic carbocycles. The molecule has 0 fully saturated rings. The Hall–Kier alpha value is -3.51. The van der Waals surface area contributed by atoms with Crippen molar-refractivity contribution < 1.29 is 19.1 Å². The molecule has 4 rings (SSSR count). The maximum atomic E-state index is 12.8. The average Bonchev–Trinajstić information content (AvgIpc) is 3.25. The van der Waals surface area contributed by atoms with Crippen molar-refractivity contribution in [2.75, 3.05) is 6.61 Å². The Morgan fingerprint density at radius 1 is 0.857 bits per heavy atom. The number of thiophene rings is 1. The lowest BCUT2D eigenvalue weighted by Gasteiger charge is -2.11. The number of nitrogens with one attached hydrogen (secondary N) is 1. The molecule has 138 valence electrons. The van der Waals surface area contributed by atoms with E-state index in [1.165, 1.54) is 11.3 Å². The van der Waals surface area contributed by atoms with Crippen LogP contribution in [0.1, 0.15) is 20.0 Å². The minimum Gasteiger partial charge on any atom is -0.452 e. The number of hydrogen-bond donors (Lipinski definition) is 1. The van der Waals surface area contributed by atoms with Crippen LogP contribution in [-0.4, -0.2) is 24.4 Å². The smallest absolute Gasteiger partial charge is 0.339 e. The highest BCUT2D eigenvalue weighted by Gasteiger charge is 2.18. The number of ether oxygens (including phenoxy) is 1. The Balaban J connectivity index is 1.56. The lowest BCUT2D eigenvalue weighted by Crippen LogP contribution is -2.33. The second-order valence-corrected chi connectivity index (χ2v) is 7.07. The van der Waals surface area contributed by atoms with Crippen LogP contribution in [0.25, 0.3) is 21.5 Å². The lowest BCUT2D eigenvalue weighted by molar-refractivity contribution is -0.123. The fourth-order valence-electron chi connectivity index (χ4n) is 3.07. The molecule has 0 bridgehead atoms. The van der Waals surface area contributed by atoms with Crippen molar-refractivity contribution in [1.82, 2.24) is 5.32 Å². The van der Waals surface area contributed by atoms with Gasteiger partial charge in [-0.05, 0) is 39.1 Å². The molecule has 6 heteroatoms. The number of hydrogen-bond acceptors (Lipinski definition) is 5. The molecule has 1 N–H and O–H groups in total. The zero-order valence-electron chi connectivity index (χ0n) is 14.7. The average molecular weight is 389 g/mol. The normalized spacial score (nSPS) is 10.7. The Bertz CT molecular complexity index is 1140. The SMILES string of the molecule is O=C(COC(=O)c1c2ccccc2cc2ccccc12)NC(=O)c1cccs1. The fourth-order valence-corrected chi connectivity index (χ4v) is 3.69. The summed E-state index contributed by atoms with van der Waals surface area (Å²) in [6, 6.07) is 20.4. The molecule has 28 heavy (non-hydrogen) atoms. The molecular weight excluding hydrogens is 374 g/mol. The van der Waals surface area contributed by atoms with E-state index >= 15 is 0 Å². The molecule has 3 aromatic carbocycles. The summed E-state index contributed by atoms with van der Waals surface area (Å²) in [6.07, 6.45) is 0. The van der Waals surface area contributed by atoms with E-state index in [2.05, 4.69) is 5.32 Å². The van der Waals surface area contributed by atoms with Crippen LogP contribution in [-0.2, 0) is 9.53 Å². The molecule has 5 nitrogen and oxygen atoms in total. The van der Waals surface area contributed by atoms with Gasteiger partial charge < -0.3 is 4.74 Å². The summed E-state index contributed by atoms with van der Waals surface area (Å²) < 4.78 is 5.22. The molecule has 0 aliphatic heterocycles. The van der Waals surface area contributed by atoms with Crippen LogP contribution in [0, 0.1) is 0 Å². The predicted octanol–water partition coefficient (Wildman–Crippen LogP) is 4.17. The molecule has 0 unspecified atom stereocenters. The van der Waals surface area contributed by atoms with E-state index in [1.54, 1.807) is 17.5 Å². The minimum atomic E-state index is -0.670. The second-order valence-electron chi connectivity index (χ2n) is 6.12. The van der Waals surface area contributed by atoms with Gasteiger partial charge in [-0.3, -0.25) is 14.9 Å². The highest BCUT2D eigenvalue weighted by Crippen LogP contribution is 2.29. The number of carbonyl (C=O) groups is 3. The first-order valence-electron chi connectivity index (χ1n) is 8.59. The summed E-state index contributed by atoms with van der Waals surface area (Å²) in [5.41, 5.74) is 0.408. The third kappa shape index (κ3) is 3.50. The van der Waals surface area contributed by atoms with Crippen LogP contribution in [0.4, 0.5) is 0 Å². The molecule has 0 saturated carbocycles. The van der Waals surface area contributed by atoms with Gasteiger partial charge in [-0.25, -0.2) is 4.79 Å². The van der Waals surface area contributed by atoms with Gasteiger partial charge in [-0.15, -0.1) is 11.3 Å². The number of carbonyl (C=O) groups excluding carboxylic acids is 3. The molecule has 0 atom stereocenters. The first-order chi connectivity index (χ1) is 13.6. The van der Waals surface area contributed by atoms with Gasteiger partial charge in [0.05, 0.1) is 10.4 Å². The maximum Gasteiger partial charge on any atom is 0.339 e. The maximum absolute atomic E-state index is 12.8. The van der Waals surface area contributed by atoms with E-state index in [1.807, 2.05) is 54.6 Å². The second kappa shape index (κ2) is 7.62. The minimum absolute atomic E-state index is 0.408. The van der Waals surface area contributed by atoms with E-state index in [4.69, 9.17) is 4.74 Å². The van der Waals surface area contributed by atoms with Crippen molar-refractivity contribution in [2.24, 2.45) is 0 Å². The molecular formula is C22H15NO4S. The first-order valence-corrected chi connectivity index (χ1v) is 9.47. The van der Waals surface area contributed by atoms with Crippen LogP contribution >= 0.6 is 11.3 Å². The van der Waals surface area contributed by atoms with E-state index in [-0.39, 0.29) is 0 Å². The van der Waals surface area contributed by atoms with Gasteiger partial charge in [-0.1, -0.05) is 54.6 Å². The Morgan fingerprint density at radius 2 is 1.50 bits per heavy atom. The van der Waals surface area contributed by atoms with Crippen molar-refractivity contribution in [3.8, 4) is 0 Å². The fraction of sp³-hybridized carbons (Fsp3) is 0.0455. The van der Waals surface area contributed by atoms with Crippen LogP contribution in [0.2, 0.25) is 0 Å². The van der Waals surface area contributed by atoms with Crippen LogP contribution in [0.3, 0.4) is 0 Å². The summed E-state index contributed by atoms with van der Waals surface area (Å²) in [5.74, 6) is -1.78. The Morgan fingerprint density at radius 3 is 2.11 bits per heavy atom.